The van der Waals surface area contributed by atoms with E-state index >= 15 is 0 Å². The van der Waals surface area contributed by atoms with E-state index in [1.165, 1.54) is 0 Å². The first-order chi connectivity index (χ1) is 16.6. The number of rotatable bonds is 4. The van der Waals surface area contributed by atoms with Crippen molar-refractivity contribution in [2.24, 2.45) is 0 Å². The van der Waals surface area contributed by atoms with E-state index in [0.29, 0.717) is 23.0 Å². The summed E-state index contributed by atoms with van der Waals surface area (Å²) in [6.07, 6.45) is 0. The smallest absolute Gasteiger partial charge is 0.231 e. The highest BCUT2D eigenvalue weighted by Gasteiger charge is 2.24. The third-order valence-electron chi connectivity index (χ3n) is 6.02. The van der Waals surface area contributed by atoms with Crippen molar-refractivity contribution in [1.82, 2.24) is 14.8 Å². The number of para-hydroxylation sites is 1. The Kier molecular flexibility index (Phi) is 4.84. The molecule has 0 fully saturated rings. The zero-order chi connectivity index (χ0) is 23.4. The summed E-state index contributed by atoms with van der Waals surface area (Å²) < 4.78 is 25.2. The van der Waals surface area contributed by atoms with E-state index in [9.17, 15) is 0 Å². The Bertz CT molecular complexity index is 1580. The van der Waals surface area contributed by atoms with Gasteiger partial charge < -0.3 is 18.9 Å². The zero-order valence-corrected chi connectivity index (χ0v) is 20.3. The van der Waals surface area contributed by atoms with Crippen molar-refractivity contribution in [3.63, 3.8) is 0 Å². The quantitative estimate of drug-likeness (QED) is 0.288. The molecule has 0 saturated carbocycles. The molecule has 7 nitrogen and oxygen atoms in total. The van der Waals surface area contributed by atoms with Crippen LogP contribution in [0.1, 0.15) is 5.69 Å². The lowest BCUT2D eigenvalue weighted by molar-refractivity contribution is 0.174. The van der Waals surface area contributed by atoms with Crippen molar-refractivity contribution in [1.29, 1.82) is 0 Å². The van der Waals surface area contributed by atoms with Crippen molar-refractivity contribution in [3.05, 3.63) is 64.8 Å². The minimum Gasteiger partial charge on any atom is -0.493 e. The summed E-state index contributed by atoms with van der Waals surface area (Å²) in [6.45, 7) is 2.19. The highest BCUT2D eigenvalue weighted by Crippen LogP contribution is 2.45. The van der Waals surface area contributed by atoms with Crippen LogP contribution in [0.5, 0.6) is 23.0 Å². The number of nitrogens with zero attached hydrogens (tertiary/aromatic N) is 3. The van der Waals surface area contributed by atoms with E-state index in [1.54, 1.807) is 14.2 Å². The number of halogens is 1. The van der Waals surface area contributed by atoms with Gasteiger partial charge in [-0.2, -0.15) is 5.10 Å². The van der Waals surface area contributed by atoms with Crippen LogP contribution in [-0.4, -0.2) is 35.8 Å². The molecule has 8 heteroatoms. The molecule has 3 heterocycles. The van der Waals surface area contributed by atoms with Gasteiger partial charge in [0.25, 0.3) is 0 Å². The topological polar surface area (TPSA) is 67.6 Å². The second-order valence-electron chi connectivity index (χ2n) is 7.93. The van der Waals surface area contributed by atoms with Gasteiger partial charge in [-0.1, -0.05) is 18.2 Å². The molecule has 5 aromatic rings. The number of aryl methyl sites for hydroxylation is 1. The van der Waals surface area contributed by atoms with Crippen molar-refractivity contribution in [2.45, 2.75) is 6.92 Å². The van der Waals surface area contributed by atoms with Gasteiger partial charge in [0.05, 0.1) is 36.7 Å². The van der Waals surface area contributed by atoms with Gasteiger partial charge in [0, 0.05) is 20.8 Å². The summed E-state index contributed by atoms with van der Waals surface area (Å²) in [5, 5.41) is 7.70. The summed E-state index contributed by atoms with van der Waals surface area (Å²) in [7, 11) is 3.27. The fourth-order valence-electron chi connectivity index (χ4n) is 4.43. The summed E-state index contributed by atoms with van der Waals surface area (Å²) >= 11 is 3.71. The average molecular weight is 518 g/mol. The molecule has 1 aliphatic heterocycles. The largest absolute Gasteiger partial charge is 0.493 e. The molecule has 0 aliphatic carbocycles. The van der Waals surface area contributed by atoms with Crippen LogP contribution in [-0.2, 0) is 0 Å². The molecule has 2 aromatic heterocycles. The number of fused-ring (bicyclic) bond motifs is 4. The molecular formula is C26H20BrN3O4. The summed E-state index contributed by atoms with van der Waals surface area (Å²) in [4.78, 5) is 5.17. The molecule has 0 bridgehead atoms. The van der Waals surface area contributed by atoms with Crippen molar-refractivity contribution in [3.8, 4) is 39.9 Å². The maximum atomic E-state index is 5.66. The fraction of sp³-hybridized carbons (Fsp3) is 0.154. The van der Waals surface area contributed by atoms with Gasteiger partial charge >= 0.3 is 0 Å². The molecule has 34 heavy (non-hydrogen) atoms. The Hall–Kier alpha value is -3.78. The van der Waals surface area contributed by atoms with E-state index in [1.807, 2.05) is 66.2 Å². The SMILES string of the molecule is COc1cc2c(-c3cc4c(cc3Br)OCO4)nc3c(c(C)nn3-c3ccccc3)c2cc1OC. The molecule has 0 radical (unpaired) electrons. The van der Waals surface area contributed by atoms with Crippen molar-refractivity contribution in [2.75, 3.05) is 21.0 Å². The van der Waals surface area contributed by atoms with Gasteiger partial charge in [0.2, 0.25) is 6.79 Å². The standard InChI is InChI=1S/C26H20BrN3O4/c1-14-24-16-9-20(31-2)21(32-3)10-17(16)25(18-11-22-23(12-19(18)27)34-13-33-22)28-26(24)30(29-14)15-7-5-4-6-8-15/h4-12H,13H2,1-3H3. The lowest BCUT2D eigenvalue weighted by atomic mass is 10.00. The van der Waals surface area contributed by atoms with Crippen LogP contribution in [0.15, 0.2) is 59.1 Å². The van der Waals surface area contributed by atoms with E-state index < -0.39 is 0 Å². The number of aromatic nitrogens is 3. The van der Waals surface area contributed by atoms with Gasteiger partial charge in [0.1, 0.15) is 0 Å². The second-order valence-corrected chi connectivity index (χ2v) is 8.78. The molecule has 3 aromatic carbocycles. The van der Waals surface area contributed by atoms with Crippen LogP contribution in [0.25, 0.3) is 38.8 Å². The Morgan fingerprint density at radius 3 is 2.29 bits per heavy atom. The summed E-state index contributed by atoms with van der Waals surface area (Å²) in [5.41, 5.74) is 4.21. The number of benzene rings is 3. The Morgan fingerprint density at radius 1 is 0.912 bits per heavy atom. The minimum atomic E-state index is 0.198. The first kappa shape index (κ1) is 20.8. The van der Waals surface area contributed by atoms with Gasteiger partial charge in [-0.3, -0.25) is 0 Å². The Balaban J connectivity index is 1.76. The van der Waals surface area contributed by atoms with E-state index in [-0.39, 0.29) is 6.79 Å². The van der Waals surface area contributed by atoms with Crippen LogP contribution in [0, 0.1) is 6.92 Å². The monoisotopic (exact) mass is 517 g/mol. The lowest BCUT2D eigenvalue weighted by Gasteiger charge is -2.15. The molecule has 0 spiro atoms. The van der Waals surface area contributed by atoms with Gasteiger partial charge in [0.15, 0.2) is 28.6 Å². The number of pyridine rings is 1. The number of hydrogen-bond donors (Lipinski definition) is 0. The lowest BCUT2D eigenvalue weighted by Crippen LogP contribution is -1.99. The molecule has 0 N–H and O–H groups in total. The van der Waals surface area contributed by atoms with Gasteiger partial charge in [-0.15, -0.1) is 0 Å². The molecule has 1 aliphatic rings. The molecule has 170 valence electrons. The number of ether oxygens (including phenoxy) is 4. The van der Waals surface area contributed by atoms with E-state index in [4.69, 9.17) is 29.0 Å². The Labute approximate surface area is 204 Å². The number of methoxy groups -OCH3 is 2. The third kappa shape index (κ3) is 3.09. The van der Waals surface area contributed by atoms with Crippen molar-refractivity contribution >= 4 is 37.7 Å². The number of hydrogen-bond acceptors (Lipinski definition) is 6. The van der Waals surface area contributed by atoms with Gasteiger partial charge in [-0.05, 0) is 59.3 Å². The normalized spacial score (nSPS) is 12.5. The second kappa shape index (κ2) is 7.92. The zero-order valence-electron chi connectivity index (χ0n) is 18.8. The first-order valence-electron chi connectivity index (χ1n) is 10.7. The first-order valence-corrected chi connectivity index (χ1v) is 11.5. The summed E-state index contributed by atoms with van der Waals surface area (Å²) in [5.74, 6) is 2.65. The molecule has 0 unspecified atom stereocenters. The molecule has 6 rings (SSSR count). The highest BCUT2D eigenvalue weighted by molar-refractivity contribution is 9.10. The van der Waals surface area contributed by atoms with E-state index in [2.05, 4.69) is 15.9 Å². The maximum absolute atomic E-state index is 5.66. The molecule has 0 atom stereocenters. The van der Waals surface area contributed by atoms with Crippen LogP contribution >= 0.6 is 15.9 Å². The van der Waals surface area contributed by atoms with Crippen LogP contribution in [0.2, 0.25) is 0 Å². The molecule has 0 amide bonds. The van der Waals surface area contributed by atoms with Crippen molar-refractivity contribution < 1.29 is 18.9 Å². The highest BCUT2D eigenvalue weighted by atomic mass is 79.9. The van der Waals surface area contributed by atoms with E-state index in [0.717, 1.165) is 48.9 Å². The molecule has 0 saturated heterocycles. The minimum absolute atomic E-state index is 0.198. The predicted octanol–water partition coefficient (Wildman–Crippen LogP) is 6.06. The van der Waals surface area contributed by atoms with Crippen LogP contribution < -0.4 is 18.9 Å². The van der Waals surface area contributed by atoms with Crippen LogP contribution in [0.3, 0.4) is 0 Å². The van der Waals surface area contributed by atoms with Gasteiger partial charge in [-0.25, -0.2) is 9.67 Å². The molecular weight excluding hydrogens is 498 g/mol. The summed E-state index contributed by atoms with van der Waals surface area (Å²) in [6, 6.07) is 17.8. The fourth-order valence-corrected chi connectivity index (χ4v) is 4.94. The maximum Gasteiger partial charge on any atom is 0.231 e. The predicted molar refractivity (Wildman–Crippen MR) is 133 cm³/mol. The van der Waals surface area contributed by atoms with Crippen LogP contribution in [0.4, 0.5) is 0 Å². The average Bonchev–Trinajstić information content (AvgIpc) is 3.46. The Morgan fingerprint density at radius 2 is 1.59 bits per heavy atom. The third-order valence-corrected chi connectivity index (χ3v) is 6.68.